The number of aliphatic hydroxyl groups is 1. The molecule has 4 rings (SSSR count). The Morgan fingerprint density at radius 3 is 2.42 bits per heavy atom. The van der Waals surface area contributed by atoms with Crippen molar-refractivity contribution in [3.05, 3.63) is 95.3 Å². The van der Waals surface area contributed by atoms with Gasteiger partial charge in [0.05, 0.1) is 16.7 Å². The van der Waals surface area contributed by atoms with Gasteiger partial charge in [-0.05, 0) is 73.8 Å². The first-order chi connectivity index (χ1) is 20.9. The number of unbranched alkanes of at least 4 members (excludes halogenated alkanes) is 5. The fraction of sp³-hybridized carbons (Fsp3) is 0.394. The zero-order valence-corrected chi connectivity index (χ0v) is 26.7. The van der Waals surface area contributed by atoms with Crippen LogP contribution in [0.4, 0.5) is 16.5 Å². The maximum atomic E-state index is 13.0. The third-order valence-electron chi connectivity index (χ3n) is 7.35. The minimum Gasteiger partial charge on any atom is -0.387 e. The SMILES string of the molecule is CCCCCCCCc1csc(N(C)c2ccc(S(=O)(=O)Nc3ccc(CCNC[C@H](O)c4cccnc4)cc3)cc2)n1. The van der Waals surface area contributed by atoms with Crippen molar-refractivity contribution in [3.8, 4) is 0 Å². The van der Waals surface area contributed by atoms with Crippen molar-refractivity contribution in [2.75, 3.05) is 29.8 Å². The number of hydrogen-bond acceptors (Lipinski definition) is 8. The van der Waals surface area contributed by atoms with E-state index in [4.69, 9.17) is 4.98 Å². The Kier molecular flexibility index (Phi) is 12.5. The first-order valence-corrected chi connectivity index (χ1v) is 17.4. The van der Waals surface area contributed by atoms with Crippen LogP contribution in [0.5, 0.6) is 0 Å². The number of anilines is 3. The highest BCUT2D eigenvalue weighted by atomic mass is 32.2. The summed E-state index contributed by atoms with van der Waals surface area (Å²) < 4.78 is 28.8. The summed E-state index contributed by atoms with van der Waals surface area (Å²) in [6, 6.07) is 17.9. The van der Waals surface area contributed by atoms with Crippen molar-refractivity contribution >= 4 is 37.9 Å². The normalized spacial score (nSPS) is 12.3. The van der Waals surface area contributed by atoms with Crippen LogP contribution in [0.25, 0.3) is 0 Å². The number of rotatable bonds is 18. The number of nitrogens with one attached hydrogen (secondary N) is 2. The lowest BCUT2D eigenvalue weighted by molar-refractivity contribution is 0.174. The summed E-state index contributed by atoms with van der Waals surface area (Å²) in [6.07, 6.45) is 12.1. The van der Waals surface area contributed by atoms with Crippen molar-refractivity contribution in [3.63, 3.8) is 0 Å². The van der Waals surface area contributed by atoms with Crippen LogP contribution in [0.1, 0.15) is 68.4 Å². The maximum Gasteiger partial charge on any atom is 0.261 e. The molecule has 1 atom stereocenters. The van der Waals surface area contributed by atoms with Crippen LogP contribution in [-0.4, -0.2) is 43.6 Å². The number of aliphatic hydroxyl groups excluding tert-OH is 1. The van der Waals surface area contributed by atoms with Gasteiger partial charge < -0.3 is 15.3 Å². The van der Waals surface area contributed by atoms with E-state index in [9.17, 15) is 13.5 Å². The van der Waals surface area contributed by atoms with E-state index in [1.807, 2.05) is 42.3 Å². The van der Waals surface area contributed by atoms with E-state index in [1.54, 1.807) is 54.1 Å². The average Bonchev–Trinajstić information content (AvgIpc) is 3.50. The largest absolute Gasteiger partial charge is 0.387 e. The lowest BCUT2D eigenvalue weighted by Gasteiger charge is -2.16. The van der Waals surface area contributed by atoms with Crippen LogP contribution in [0.2, 0.25) is 0 Å². The molecule has 4 aromatic rings. The molecular weight excluding hydrogens is 579 g/mol. The van der Waals surface area contributed by atoms with Gasteiger partial charge in [0.15, 0.2) is 5.13 Å². The van der Waals surface area contributed by atoms with Crippen LogP contribution < -0.4 is 14.9 Å². The summed E-state index contributed by atoms with van der Waals surface area (Å²) in [6.45, 7) is 3.35. The molecule has 0 saturated carbocycles. The van der Waals surface area contributed by atoms with E-state index in [1.165, 1.54) is 32.1 Å². The van der Waals surface area contributed by atoms with Crippen molar-refractivity contribution in [1.29, 1.82) is 0 Å². The van der Waals surface area contributed by atoms with Crippen LogP contribution >= 0.6 is 11.3 Å². The zero-order chi connectivity index (χ0) is 30.5. The van der Waals surface area contributed by atoms with Gasteiger partial charge in [-0.1, -0.05) is 57.2 Å². The summed E-state index contributed by atoms with van der Waals surface area (Å²) >= 11 is 1.61. The lowest BCUT2D eigenvalue weighted by atomic mass is 10.1. The highest BCUT2D eigenvalue weighted by molar-refractivity contribution is 7.92. The summed E-state index contributed by atoms with van der Waals surface area (Å²) in [7, 11) is -1.78. The molecule has 2 aromatic carbocycles. The molecule has 0 spiro atoms. The van der Waals surface area contributed by atoms with Gasteiger partial charge in [-0.3, -0.25) is 9.71 Å². The van der Waals surface area contributed by atoms with Crippen LogP contribution in [0.3, 0.4) is 0 Å². The monoisotopic (exact) mass is 621 g/mol. The molecule has 2 aromatic heterocycles. The fourth-order valence-corrected chi connectivity index (χ4v) is 6.63. The topological polar surface area (TPSA) is 107 Å². The molecule has 0 radical (unpaired) electrons. The molecular formula is C33H43N5O3S2. The molecule has 0 aliphatic rings. The second-order valence-corrected chi connectivity index (χ2v) is 13.3. The van der Waals surface area contributed by atoms with E-state index in [0.29, 0.717) is 18.8 Å². The van der Waals surface area contributed by atoms with Crippen molar-refractivity contribution < 1.29 is 13.5 Å². The molecule has 43 heavy (non-hydrogen) atoms. The molecule has 3 N–H and O–H groups in total. The molecule has 2 heterocycles. The zero-order valence-electron chi connectivity index (χ0n) is 25.1. The third kappa shape index (κ3) is 10.1. The van der Waals surface area contributed by atoms with Gasteiger partial charge in [-0.2, -0.15) is 0 Å². The Bertz CT molecular complexity index is 1480. The minimum absolute atomic E-state index is 0.202. The summed E-state index contributed by atoms with van der Waals surface area (Å²) in [4.78, 5) is 11.0. The average molecular weight is 622 g/mol. The van der Waals surface area contributed by atoms with Gasteiger partial charge in [0.1, 0.15) is 0 Å². The van der Waals surface area contributed by atoms with Crippen molar-refractivity contribution in [1.82, 2.24) is 15.3 Å². The molecule has 230 valence electrons. The van der Waals surface area contributed by atoms with Gasteiger partial charge in [0.25, 0.3) is 10.0 Å². The first-order valence-electron chi connectivity index (χ1n) is 15.0. The predicted octanol–water partition coefficient (Wildman–Crippen LogP) is 6.88. The highest BCUT2D eigenvalue weighted by Gasteiger charge is 2.16. The van der Waals surface area contributed by atoms with Gasteiger partial charge in [0.2, 0.25) is 0 Å². The molecule has 0 fully saturated rings. The Morgan fingerprint density at radius 2 is 1.70 bits per heavy atom. The number of hydrogen-bond donors (Lipinski definition) is 3. The Balaban J connectivity index is 1.23. The minimum atomic E-state index is -3.73. The lowest BCUT2D eigenvalue weighted by Crippen LogP contribution is -2.23. The maximum absolute atomic E-state index is 13.0. The molecule has 8 nitrogen and oxygen atoms in total. The van der Waals surface area contributed by atoms with E-state index in [-0.39, 0.29) is 4.90 Å². The summed E-state index contributed by atoms with van der Waals surface area (Å²) in [5.41, 5.74) is 4.35. The van der Waals surface area contributed by atoms with Crippen molar-refractivity contribution in [2.45, 2.75) is 69.3 Å². The fourth-order valence-electron chi connectivity index (χ4n) is 4.73. The molecule has 0 unspecified atom stereocenters. The van der Waals surface area contributed by atoms with Crippen LogP contribution in [0.15, 0.2) is 83.3 Å². The number of pyridine rings is 1. The molecule has 0 aliphatic carbocycles. The second-order valence-electron chi connectivity index (χ2n) is 10.8. The van der Waals surface area contributed by atoms with E-state index in [0.717, 1.165) is 46.9 Å². The number of thiazole rings is 1. The Morgan fingerprint density at radius 1 is 0.953 bits per heavy atom. The number of aromatic nitrogens is 2. The van der Waals surface area contributed by atoms with E-state index < -0.39 is 16.1 Å². The number of benzene rings is 2. The van der Waals surface area contributed by atoms with Crippen molar-refractivity contribution in [2.24, 2.45) is 0 Å². The second kappa shape index (κ2) is 16.5. The Labute approximate surface area is 260 Å². The summed E-state index contributed by atoms with van der Waals surface area (Å²) in [5, 5.41) is 16.5. The van der Waals surface area contributed by atoms with Gasteiger partial charge in [-0.15, -0.1) is 11.3 Å². The number of aryl methyl sites for hydroxylation is 1. The van der Waals surface area contributed by atoms with Crippen LogP contribution in [0, 0.1) is 0 Å². The smallest absolute Gasteiger partial charge is 0.261 e. The van der Waals surface area contributed by atoms with E-state index in [2.05, 4.69) is 27.3 Å². The first kappa shape index (κ1) is 32.6. The number of sulfonamides is 1. The standard InChI is InChI=1S/C33H43N5O3S2/c1-3-4-5-6-7-8-11-29-25-42-33(36-29)38(2)30-16-18-31(19-17-30)43(40,41)37-28-14-12-26(13-15-28)20-22-35-24-32(39)27-10-9-21-34-23-27/h9-10,12-19,21,23,25,32,35,37,39H,3-8,11,20,22,24H2,1-2H3/t32-/m0/s1. The van der Waals surface area contributed by atoms with Gasteiger partial charge >= 0.3 is 0 Å². The molecule has 0 saturated heterocycles. The quantitative estimate of drug-likeness (QED) is 0.104. The van der Waals surface area contributed by atoms with Gasteiger partial charge in [0, 0.05) is 48.3 Å². The Hall–Kier alpha value is -3.31. The number of nitrogens with zero attached hydrogens (tertiary/aromatic N) is 3. The third-order valence-corrected chi connectivity index (χ3v) is 9.71. The molecule has 0 aliphatic heterocycles. The van der Waals surface area contributed by atoms with Crippen LogP contribution in [-0.2, 0) is 22.9 Å². The molecule has 0 amide bonds. The molecule has 0 bridgehead atoms. The highest BCUT2D eigenvalue weighted by Crippen LogP contribution is 2.29. The predicted molar refractivity (Wildman–Crippen MR) is 177 cm³/mol. The molecule has 10 heteroatoms. The van der Waals surface area contributed by atoms with E-state index >= 15 is 0 Å². The van der Waals surface area contributed by atoms with Gasteiger partial charge in [-0.25, -0.2) is 13.4 Å². The summed E-state index contributed by atoms with van der Waals surface area (Å²) in [5.74, 6) is 0.